The largest absolute Gasteiger partial charge is 0.494 e. The fraction of sp³-hybridized carbons (Fsp3) is 0.208. The summed E-state index contributed by atoms with van der Waals surface area (Å²) in [5, 5.41) is 2.86. The first-order valence-corrected chi connectivity index (χ1v) is 9.63. The Labute approximate surface area is 171 Å². The van der Waals surface area contributed by atoms with Crippen LogP contribution in [0.4, 0.5) is 5.69 Å². The summed E-state index contributed by atoms with van der Waals surface area (Å²) < 4.78 is 16.9. The molecule has 0 fully saturated rings. The molecule has 0 atom stereocenters. The van der Waals surface area contributed by atoms with Gasteiger partial charge in [-0.1, -0.05) is 18.2 Å². The SMILES string of the molecule is CCOc1ccc(Oc2ccc(NC(=O)CCOc3ccccc3C)cc2)cc1. The Morgan fingerprint density at radius 2 is 1.45 bits per heavy atom. The van der Waals surface area contributed by atoms with Gasteiger partial charge in [-0.2, -0.15) is 0 Å². The molecular formula is C24H25NO4. The summed E-state index contributed by atoms with van der Waals surface area (Å²) in [6.45, 7) is 4.88. The van der Waals surface area contributed by atoms with Gasteiger partial charge in [-0.15, -0.1) is 0 Å². The van der Waals surface area contributed by atoms with Crippen molar-refractivity contribution in [1.82, 2.24) is 0 Å². The van der Waals surface area contributed by atoms with Gasteiger partial charge < -0.3 is 19.5 Å². The third kappa shape index (κ3) is 6.28. The molecule has 0 heterocycles. The average molecular weight is 391 g/mol. The predicted octanol–water partition coefficient (Wildman–Crippen LogP) is 5.59. The van der Waals surface area contributed by atoms with Crippen LogP contribution in [0.1, 0.15) is 18.9 Å². The second kappa shape index (κ2) is 10.2. The minimum Gasteiger partial charge on any atom is -0.494 e. The molecule has 0 aliphatic heterocycles. The van der Waals surface area contributed by atoms with Gasteiger partial charge in [0.2, 0.25) is 5.91 Å². The summed E-state index contributed by atoms with van der Waals surface area (Å²) in [7, 11) is 0. The summed E-state index contributed by atoms with van der Waals surface area (Å²) in [6, 6.07) is 22.4. The number of amides is 1. The van der Waals surface area contributed by atoms with Crippen LogP contribution in [0.25, 0.3) is 0 Å². The fourth-order valence-corrected chi connectivity index (χ4v) is 2.71. The molecule has 5 heteroatoms. The zero-order chi connectivity index (χ0) is 20.5. The van der Waals surface area contributed by atoms with Crippen LogP contribution >= 0.6 is 0 Å². The Bertz CT molecular complexity index is 920. The first-order chi connectivity index (χ1) is 14.1. The molecule has 0 aliphatic carbocycles. The number of nitrogens with one attached hydrogen (secondary N) is 1. The summed E-state index contributed by atoms with van der Waals surface area (Å²) in [4.78, 5) is 12.1. The lowest BCUT2D eigenvalue weighted by Gasteiger charge is -2.10. The maximum absolute atomic E-state index is 12.1. The third-order valence-corrected chi connectivity index (χ3v) is 4.19. The first kappa shape index (κ1) is 20.3. The van der Waals surface area contributed by atoms with E-state index in [1.54, 1.807) is 0 Å². The number of carbonyl (C=O) groups excluding carboxylic acids is 1. The Morgan fingerprint density at radius 1 is 0.828 bits per heavy atom. The molecule has 1 N–H and O–H groups in total. The number of rotatable bonds is 9. The lowest BCUT2D eigenvalue weighted by Crippen LogP contribution is -2.15. The molecule has 0 saturated heterocycles. The molecule has 0 unspecified atom stereocenters. The number of ether oxygens (including phenoxy) is 3. The molecule has 150 valence electrons. The Kier molecular flexibility index (Phi) is 7.11. The number of para-hydroxylation sites is 1. The van der Waals surface area contributed by atoms with Crippen molar-refractivity contribution in [3.8, 4) is 23.0 Å². The molecular weight excluding hydrogens is 366 g/mol. The minimum atomic E-state index is -0.0984. The molecule has 5 nitrogen and oxygen atoms in total. The highest BCUT2D eigenvalue weighted by Gasteiger charge is 2.05. The van der Waals surface area contributed by atoms with Crippen LogP contribution in [0.5, 0.6) is 23.0 Å². The van der Waals surface area contributed by atoms with Crippen molar-refractivity contribution >= 4 is 11.6 Å². The van der Waals surface area contributed by atoms with Crippen LogP contribution in [0.2, 0.25) is 0 Å². The van der Waals surface area contributed by atoms with E-state index >= 15 is 0 Å². The predicted molar refractivity (Wildman–Crippen MR) is 114 cm³/mol. The molecule has 0 aromatic heterocycles. The van der Waals surface area contributed by atoms with Gasteiger partial charge in [0.25, 0.3) is 0 Å². The molecule has 3 aromatic rings. The number of benzene rings is 3. The topological polar surface area (TPSA) is 56.8 Å². The van der Waals surface area contributed by atoms with E-state index in [9.17, 15) is 4.79 Å². The van der Waals surface area contributed by atoms with Gasteiger partial charge in [-0.3, -0.25) is 4.79 Å². The normalized spacial score (nSPS) is 10.3. The van der Waals surface area contributed by atoms with Crippen molar-refractivity contribution in [3.05, 3.63) is 78.4 Å². The maximum atomic E-state index is 12.1. The molecule has 3 rings (SSSR count). The average Bonchev–Trinajstić information content (AvgIpc) is 2.73. The first-order valence-electron chi connectivity index (χ1n) is 9.63. The van der Waals surface area contributed by atoms with Crippen LogP contribution in [-0.2, 0) is 4.79 Å². The van der Waals surface area contributed by atoms with E-state index in [0.717, 1.165) is 22.8 Å². The van der Waals surface area contributed by atoms with Crippen molar-refractivity contribution in [2.45, 2.75) is 20.3 Å². The Hall–Kier alpha value is -3.47. The van der Waals surface area contributed by atoms with E-state index in [1.165, 1.54) is 0 Å². The molecule has 0 bridgehead atoms. The summed E-state index contributed by atoms with van der Waals surface area (Å²) in [6.07, 6.45) is 0.277. The van der Waals surface area contributed by atoms with Gasteiger partial charge in [0.1, 0.15) is 23.0 Å². The molecule has 0 radical (unpaired) electrons. The van der Waals surface area contributed by atoms with Crippen molar-refractivity contribution in [2.75, 3.05) is 18.5 Å². The van der Waals surface area contributed by atoms with Crippen LogP contribution in [0, 0.1) is 6.92 Å². The van der Waals surface area contributed by atoms with E-state index in [0.29, 0.717) is 24.7 Å². The highest BCUT2D eigenvalue weighted by molar-refractivity contribution is 5.90. The Balaban J connectivity index is 1.45. The second-order valence-electron chi connectivity index (χ2n) is 6.44. The van der Waals surface area contributed by atoms with Gasteiger partial charge in [-0.05, 0) is 74.0 Å². The van der Waals surface area contributed by atoms with Crippen molar-refractivity contribution < 1.29 is 19.0 Å². The van der Waals surface area contributed by atoms with Gasteiger partial charge in [0.15, 0.2) is 0 Å². The summed E-state index contributed by atoms with van der Waals surface area (Å²) in [5.74, 6) is 2.92. The van der Waals surface area contributed by atoms with Crippen LogP contribution in [0.15, 0.2) is 72.8 Å². The third-order valence-electron chi connectivity index (χ3n) is 4.19. The molecule has 0 aliphatic rings. The van der Waals surface area contributed by atoms with Crippen LogP contribution < -0.4 is 19.5 Å². The lowest BCUT2D eigenvalue weighted by molar-refractivity contribution is -0.116. The number of anilines is 1. The summed E-state index contributed by atoms with van der Waals surface area (Å²) in [5.41, 5.74) is 1.76. The monoisotopic (exact) mass is 391 g/mol. The van der Waals surface area contributed by atoms with Crippen molar-refractivity contribution in [3.63, 3.8) is 0 Å². The highest BCUT2D eigenvalue weighted by atomic mass is 16.5. The molecule has 1 amide bonds. The van der Waals surface area contributed by atoms with Crippen LogP contribution in [-0.4, -0.2) is 19.1 Å². The minimum absolute atomic E-state index is 0.0984. The second-order valence-corrected chi connectivity index (χ2v) is 6.44. The molecule has 0 spiro atoms. The zero-order valence-electron chi connectivity index (χ0n) is 16.7. The fourth-order valence-electron chi connectivity index (χ4n) is 2.71. The molecule has 3 aromatic carbocycles. The lowest BCUT2D eigenvalue weighted by atomic mass is 10.2. The van der Waals surface area contributed by atoms with E-state index in [4.69, 9.17) is 14.2 Å². The van der Waals surface area contributed by atoms with Gasteiger partial charge >= 0.3 is 0 Å². The number of hydrogen-bond donors (Lipinski definition) is 1. The van der Waals surface area contributed by atoms with E-state index in [1.807, 2.05) is 86.6 Å². The number of aryl methyl sites for hydroxylation is 1. The van der Waals surface area contributed by atoms with Crippen LogP contribution in [0.3, 0.4) is 0 Å². The number of hydrogen-bond acceptors (Lipinski definition) is 4. The standard InChI is InChI=1S/C24H25NO4/c1-3-27-20-12-14-22(15-13-20)29-21-10-8-19(9-11-21)25-24(26)16-17-28-23-7-5-4-6-18(23)2/h4-15H,3,16-17H2,1-2H3,(H,25,26). The van der Waals surface area contributed by atoms with Gasteiger partial charge in [0, 0.05) is 5.69 Å². The van der Waals surface area contributed by atoms with E-state index in [2.05, 4.69) is 5.32 Å². The summed E-state index contributed by atoms with van der Waals surface area (Å²) >= 11 is 0. The quantitative estimate of drug-likeness (QED) is 0.516. The van der Waals surface area contributed by atoms with Gasteiger partial charge in [0.05, 0.1) is 19.6 Å². The maximum Gasteiger partial charge on any atom is 0.227 e. The Morgan fingerprint density at radius 3 is 2.10 bits per heavy atom. The van der Waals surface area contributed by atoms with Crippen molar-refractivity contribution in [1.29, 1.82) is 0 Å². The molecule has 0 saturated carbocycles. The smallest absolute Gasteiger partial charge is 0.227 e. The van der Waals surface area contributed by atoms with E-state index in [-0.39, 0.29) is 12.3 Å². The van der Waals surface area contributed by atoms with Crippen molar-refractivity contribution in [2.24, 2.45) is 0 Å². The number of carbonyl (C=O) groups is 1. The zero-order valence-corrected chi connectivity index (χ0v) is 16.7. The van der Waals surface area contributed by atoms with Gasteiger partial charge in [-0.25, -0.2) is 0 Å². The molecule has 29 heavy (non-hydrogen) atoms. The highest BCUT2D eigenvalue weighted by Crippen LogP contribution is 2.25. The van der Waals surface area contributed by atoms with E-state index < -0.39 is 0 Å².